The van der Waals surface area contributed by atoms with Gasteiger partial charge in [-0.25, -0.2) is 5.10 Å². The number of H-pyrrole nitrogens is 1. The molecular weight excluding hydrogens is 378 g/mol. The summed E-state index contributed by atoms with van der Waals surface area (Å²) in [6.07, 6.45) is 3.36. The first-order valence-electron chi connectivity index (χ1n) is 9.64. The molecule has 4 rings (SSSR count). The SMILES string of the molecule is CCN(C(=O)c1c(-c2ccccc2)c(-c2ccccc2)n[nH]c1=O)c1cnn(C)c1. The van der Waals surface area contributed by atoms with E-state index in [2.05, 4.69) is 15.3 Å². The summed E-state index contributed by atoms with van der Waals surface area (Å²) < 4.78 is 1.62. The Kier molecular flexibility index (Phi) is 5.26. The van der Waals surface area contributed by atoms with E-state index in [0.29, 0.717) is 23.5 Å². The zero-order valence-corrected chi connectivity index (χ0v) is 16.7. The van der Waals surface area contributed by atoms with Crippen LogP contribution >= 0.6 is 0 Å². The number of hydrogen-bond donors (Lipinski definition) is 1. The number of hydrogen-bond acceptors (Lipinski definition) is 4. The monoisotopic (exact) mass is 399 g/mol. The highest BCUT2D eigenvalue weighted by Crippen LogP contribution is 2.32. The molecular formula is C23H21N5O2. The number of benzene rings is 2. The molecule has 4 aromatic rings. The number of aromatic nitrogens is 4. The molecule has 0 unspecified atom stereocenters. The fourth-order valence-corrected chi connectivity index (χ4v) is 3.47. The summed E-state index contributed by atoms with van der Waals surface area (Å²) in [5.41, 5.74) is 2.78. The normalized spacial score (nSPS) is 10.7. The van der Waals surface area contributed by atoms with Crippen molar-refractivity contribution >= 4 is 11.6 Å². The van der Waals surface area contributed by atoms with E-state index in [-0.39, 0.29) is 5.56 Å². The molecule has 7 nitrogen and oxygen atoms in total. The quantitative estimate of drug-likeness (QED) is 0.557. The number of nitrogens with one attached hydrogen (secondary N) is 1. The summed E-state index contributed by atoms with van der Waals surface area (Å²) in [5, 5.41) is 11.0. The first kappa shape index (κ1) is 19.3. The van der Waals surface area contributed by atoms with Gasteiger partial charge in [-0.1, -0.05) is 60.7 Å². The highest BCUT2D eigenvalue weighted by Gasteiger charge is 2.27. The van der Waals surface area contributed by atoms with Crippen LogP contribution in [0.2, 0.25) is 0 Å². The van der Waals surface area contributed by atoms with Crippen LogP contribution in [0.1, 0.15) is 17.3 Å². The van der Waals surface area contributed by atoms with Gasteiger partial charge in [0.1, 0.15) is 5.56 Å². The predicted molar refractivity (Wildman–Crippen MR) is 116 cm³/mol. The van der Waals surface area contributed by atoms with E-state index >= 15 is 0 Å². The lowest BCUT2D eigenvalue weighted by molar-refractivity contribution is 0.0987. The van der Waals surface area contributed by atoms with Crippen LogP contribution in [0.15, 0.2) is 77.9 Å². The number of aromatic amines is 1. The maximum atomic E-state index is 13.6. The van der Waals surface area contributed by atoms with Gasteiger partial charge in [0.25, 0.3) is 11.5 Å². The van der Waals surface area contributed by atoms with E-state index in [1.54, 1.807) is 29.0 Å². The maximum absolute atomic E-state index is 13.6. The number of rotatable bonds is 5. The number of amides is 1. The van der Waals surface area contributed by atoms with E-state index in [9.17, 15) is 9.59 Å². The lowest BCUT2D eigenvalue weighted by Gasteiger charge is -2.21. The summed E-state index contributed by atoms with van der Waals surface area (Å²) in [6.45, 7) is 2.25. The highest BCUT2D eigenvalue weighted by atomic mass is 16.2. The summed E-state index contributed by atoms with van der Waals surface area (Å²) in [6, 6.07) is 18.9. The lowest BCUT2D eigenvalue weighted by atomic mass is 9.95. The van der Waals surface area contributed by atoms with Crippen molar-refractivity contribution in [2.24, 2.45) is 7.05 Å². The molecule has 0 saturated carbocycles. The summed E-state index contributed by atoms with van der Waals surface area (Å²) in [5.74, 6) is -0.398. The Morgan fingerprint density at radius 3 is 2.23 bits per heavy atom. The van der Waals surface area contributed by atoms with Gasteiger partial charge >= 0.3 is 0 Å². The Labute approximate surface area is 173 Å². The van der Waals surface area contributed by atoms with Crippen LogP contribution < -0.4 is 10.5 Å². The molecule has 0 radical (unpaired) electrons. The number of aryl methyl sites for hydroxylation is 1. The summed E-state index contributed by atoms with van der Waals surface area (Å²) >= 11 is 0. The minimum Gasteiger partial charge on any atom is -0.305 e. The smallest absolute Gasteiger partial charge is 0.277 e. The van der Waals surface area contributed by atoms with Crippen molar-refractivity contribution in [1.29, 1.82) is 0 Å². The Hall–Kier alpha value is -4.00. The van der Waals surface area contributed by atoms with Gasteiger partial charge in [-0.3, -0.25) is 14.3 Å². The van der Waals surface area contributed by atoms with Crippen LogP contribution in [-0.4, -0.2) is 32.4 Å². The molecule has 2 aromatic heterocycles. The van der Waals surface area contributed by atoms with E-state index in [1.165, 1.54) is 0 Å². The molecule has 30 heavy (non-hydrogen) atoms. The number of anilines is 1. The fraction of sp³-hybridized carbons (Fsp3) is 0.130. The predicted octanol–water partition coefficient (Wildman–Crippen LogP) is 3.50. The molecule has 0 atom stereocenters. The fourth-order valence-electron chi connectivity index (χ4n) is 3.47. The van der Waals surface area contributed by atoms with E-state index < -0.39 is 11.5 Å². The molecule has 0 aliphatic heterocycles. The molecule has 0 saturated heterocycles. The third-order valence-corrected chi connectivity index (χ3v) is 4.87. The minimum atomic E-state index is -0.527. The van der Waals surface area contributed by atoms with Crippen molar-refractivity contribution in [2.75, 3.05) is 11.4 Å². The van der Waals surface area contributed by atoms with Crippen molar-refractivity contribution in [3.05, 3.63) is 89.0 Å². The van der Waals surface area contributed by atoms with Gasteiger partial charge in [0, 0.05) is 30.9 Å². The third-order valence-electron chi connectivity index (χ3n) is 4.87. The molecule has 0 spiro atoms. The van der Waals surface area contributed by atoms with Gasteiger partial charge in [-0.05, 0) is 12.5 Å². The van der Waals surface area contributed by atoms with E-state index in [4.69, 9.17) is 0 Å². The standard InChI is InChI=1S/C23H21N5O2/c1-3-28(18-14-24-27(2)15-18)23(30)20-19(16-10-6-4-7-11-16)21(25-26-22(20)29)17-12-8-5-9-13-17/h4-15H,3H2,1-2H3,(H,26,29). The van der Waals surface area contributed by atoms with Crippen molar-refractivity contribution in [2.45, 2.75) is 6.92 Å². The van der Waals surface area contributed by atoms with Crippen LogP contribution in [0.25, 0.3) is 22.4 Å². The molecule has 2 aromatic carbocycles. The maximum Gasteiger partial charge on any atom is 0.277 e. The van der Waals surface area contributed by atoms with Gasteiger partial charge in [0.15, 0.2) is 0 Å². The molecule has 0 fully saturated rings. The van der Waals surface area contributed by atoms with Crippen LogP contribution in [0.5, 0.6) is 0 Å². The summed E-state index contributed by atoms with van der Waals surface area (Å²) in [4.78, 5) is 28.1. The first-order valence-corrected chi connectivity index (χ1v) is 9.64. The van der Waals surface area contributed by atoms with Crippen LogP contribution in [0.4, 0.5) is 5.69 Å². The van der Waals surface area contributed by atoms with Crippen molar-refractivity contribution in [1.82, 2.24) is 20.0 Å². The third kappa shape index (κ3) is 3.53. The molecule has 0 bridgehead atoms. The average molecular weight is 399 g/mol. The summed E-state index contributed by atoms with van der Waals surface area (Å²) in [7, 11) is 1.78. The largest absolute Gasteiger partial charge is 0.305 e. The number of nitrogens with zero attached hydrogens (tertiary/aromatic N) is 4. The number of carbonyl (C=O) groups is 1. The van der Waals surface area contributed by atoms with Crippen molar-refractivity contribution in [3.63, 3.8) is 0 Å². The van der Waals surface area contributed by atoms with Gasteiger partial charge < -0.3 is 4.90 Å². The molecule has 150 valence electrons. The highest BCUT2D eigenvalue weighted by molar-refractivity contribution is 6.11. The lowest BCUT2D eigenvalue weighted by Crippen LogP contribution is -2.35. The first-order chi connectivity index (χ1) is 14.6. The van der Waals surface area contributed by atoms with Crippen molar-refractivity contribution in [3.8, 4) is 22.4 Å². The molecule has 7 heteroatoms. The van der Waals surface area contributed by atoms with Gasteiger partial charge in [-0.15, -0.1) is 0 Å². The number of carbonyl (C=O) groups excluding carboxylic acids is 1. The van der Waals surface area contributed by atoms with E-state index in [0.717, 1.165) is 11.1 Å². The zero-order valence-electron chi connectivity index (χ0n) is 16.7. The van der Waals surface area contributed by atoms with Crippen LogP contribution in [0.3, 0.4) is 0 Å². The molecule has 1 N–H and O–H groups in total. The molecule has 2 heterocycles. The Morgan fingerprint density at radius 2 is 1.67 bits per heavy atom. The van der Waals surface area contributed by atoms with Crippen molar-refractivity contribution < 1.29 is 4.79 Å². The molecule has 0 aliphatic carbocycles. The average Bonchev–Trinajstić information content (AvgIpc) is 3.21. The molecule has 0 aliphatic rings. The second-order valence-corrected chi connectivity index (χ2v) is 6.81. The van der Waals surface area contributed by atoms with Crippen LogP contribution in [0, 0.1) is 0 Å². The minimum absolute atomic E-state index is 0.0563. The van der Waals surface area contributed by atoms with Gasteiger partial charge in [0.2, 0.25) is 0 Å². The second-order valence-electron chi connectivity index (χ2n) is 6.81. The Morgan fingerprint density at radius 1 is 1.03 bits per heavy atom. The Balaban J connectivity index is 1.97. The molecule has 1 amide bonds. The van der Waals surface area contributed by atoms with Gasteiger partial charge in [0.05, 0.1) is 17.6 Å². The Bertz CT molecular complexity index is 1230. The second kappa shape index (κ2) is 8.16. The zero-order chi connectivity index (χ0) is 21.1. The van der Waals surface area contributed by atoms with Gasteiger partial charge in [-0.2, -0.15) is 10.2 Å². The van der Waals surface area contributed by atoms with Crippen LogP contribution in [-0.2, 0) is 7.05 Å². The topological polar surface area (TPSA) is 83.9 Å². The van der Waals surface area contributed by atoms with E-state index in [1.807, 2.05) is 67.6 Å².